The summed E-state index contributed by atoms with van der Waals surface area (Å²) in [4.78, 5) is 3.92. The van der Waals surface area contributed by atoms with E-state index in [1.165, 1.54) is 6.07 Å². The van der Waals surface area contributed by atoms with E-state index in [1.807, 2.05) is 0 Å². The first kappa shape index (κ1) is 10.7. The van der Waals surface area contributed by atoms with Crippen LogP contribution in [-0.2, 0) is 0 Å². The highest BCUT2D eigenvalue weighted by atomic mass is 19.2. The summed E-state index contributed by atoms with van der Waals surface area (Å²) in [6, 6.07) is 2.69. The molecule has 1 aromatic heterocycles. The van der Waals surface area contributed by atoms with Gasteiger partial charge in [0.25, 0.3) is 0 Å². The lowest BCUT2D eigenvalue weighted by molar-refractivity contribution is 0.385. The summed E-state index contributed by atoms with van der Waals surface area (Å²) < 4.78 is 30.4. The van der Waals surface area contributed by atoms with E-state index in [2.05, 4.69) is 10.1 Å². The van der Waals surface area contributed by atoms with Crippen molar-refractivity contribution < 1.29 is 13.3 Å². The van der Waals surface area contributed by atoms with Crippen LogP contribution in [0.15, 0.2) is 22.7 Å². The number of aryl methyl sites for hydroxylation is 1. The summed E-state index contributed by atoms with van der Waals surface area (Å²) in [5.74, 6) is -1.26. The fourth-order valence-corrected chi connectivity index (χ4v) is 1.30. The van der Waals surface area contributed by atoms with Crippen molar-refractivity contribution in [2.24, 2.45) is 5.73 Å². The van der Waals surface area contributed by atoms with Crippen molar-refractivity contribution in [3.05, 3.63) is 47.1 Å². The number of rotatable bonds is 2. The number of halogens is 2. The summed E-state index contributed by atoms with van der Waals surface area (Å²) >= 11 is 0. The zero-order valence-corrected chi connectivity index (χ0v) is 8.45. The molecule has 0 fully saturated rings. The number of nitrogens with zero attached hydrogens (tertiary/aromatic N) is 2. The van der Waals surface area contributed by atoms with Crippen LogP contribution < -0.4 is 5.73 Å². The van der Waals surface area contributed by atoms with Crippen molar-refractivity contribution in [1.29, 1.82) is 0 Å². The molecule has 4 nitrogen and oxygen atoms in total. The molecule has 0 aliphatic carbocycles. The average molecular weight is 225 g/mol. The maximum absolute atomic E-state index is 13.0. The van der Waals surface area contributed by atoms with Gasteiger partial charge in [0.1, 0.15) is 0 Å². The third-order valence-corrected chi connectivity index (χ3v) is 2.12. The Morgan fingerprint density at radius 1 is 1.31 bits per heavy atom. The van der Waals surface area contributed by atoms with Crippen LogP contribution in [0.5, 0.6) is 0 Å². The van der Waals surface area contributed by atoms with Crippen molar-refractivity contribution in [3.8, 4) is 0 Å². The zero-order valence-electron chi connectivity index (χ0n) is 8.45. The van der Waals surface area contributed by atoms with Gasteiger partial charge >= 0.3 is 0 Å². The van der Waals surface area contributed by atoms with E-state index in [4.69, 9.17) is 10.3 Å². The summed E-state index contributed by atoms with van der Waals surface area (Å²) in [7, 11) is 0. The minimum absolute atomic E-state index is 0.239. The smallest absolute Gasteiger partial charge is 0.223 e. The third kappa shape index (κ3) is 1.92. The van der Waals surface area contributed by atoms with Gasteiger partial charge in [0, 0.05) is 6.92 Å². The van der Waals surface area contributed by atoms with Gasteiger partial charge in [0.2, 0.25) is 5.89 Å². The van der Waals surface area contributed by atoms with Crippen LogP contribution in [0.2, 0.25) is 0 Å². The first-order valence-corrected chi connectivity index (χ1v) is 4.58. The maximum Gasteiger partial charge on any atom is 0.223 e. The predicted molar refractivity (Wildman–Crippen MR) is 51.4 cm³/mol. The molecule has 0 spiro atoms. The van der Waals surface area contributed by atoms with Gasteiger partial charge in [-0.25, -0.2) is 8.78 Å². The Hall–Kier alpha value is -1.82. The van der Waals surface area contributed by atoms with E-state index in [9.17, 15) is 8.78 Å². The average Bonchev–Trinajstić information content (AvgIpc) is 2.68. The fraction of sp³-hybridized carbons (Fsp3) is 0.200. The van der Waals surface area contributed by atoms with Gasteiger partial charge in [-0.2, -0.15) is 4.98 Å². The number of nitrogens with two attached hydrogens (primary N) is 1. The number of hydrogen-bond donors (Lipinski definition) is 1. The molecule has 2 rings (SSSR count). The van der Waals surface area contributed by atoms with Crippen molar-refractivity contribution in [3.63, 3.8) is 0 Å². The van der Waals surface area contributed by atoms with Gasteiger partial charge in [0.15, 0.2) is 17.5 Å². The molecule has 0 aliphatic heterocycles. The van der Waals surface area contributed by atoms with E-state index in [0.717, 1.165) is 12.1 Å². The molecule has 1 aromatic carbocycles. The number of hydrogen-bond acceptors (Lipinski definition) is 4. The zero-order chi connectivity index (χ0) is 11.7. The molecule has 0 saturated heterocycles. The third-order valence-electron chi connectivity index (χ3n) is 2.12. The van der Waals surface area contributed by atoms with E-state index in [1.54, 1.807) is 6.92 Å². The quantitative estimate of drug-likeness (QED) is 0.844. The summed E-state index contributed by atoms with van der Waals surface area (Å²) in [5.41, 5.74) is 6.16. The highest BCUT2D eigenvalue weighted by Gasteiger charge is 2.16. The van der Waals surface area contributed by atoms with E-state index >= 15 is 0 Å². The van der Waals surface area contributed by atoms with Crippen molar-refractivity contribution in [2.75, 3.05) is 0 Å². The van der Waals surface area contributed by atoms with Crippen LogP contribution in [0, 0.1) is 18.6 Å². The summed E-state index contributed by atoms with van der Waals surface area (Å²) in [5, 5.41) is 3.62. The molecular formula is C10H9F2N3O. The maximum atomic E-state index is 13.0. The first-order valence-electron chi connectivity index (χ1n) is 4.58. The number of benzene rings is 1. The Kier molecular flexibility index (Phi) is 2.66. The molecule has 2 aromatic rings. The Labute approximate surface area is 90.1 Å². The summed E-state index contributed by atoms with van der Waals surface area (Å²) in [6.45, 7) is 1.62. The SMILES string of the molecule is Cc1nc(C(N)c2ccc(F)c(F)c2)no1. The van der Waals surface area contributed by atoms with Gasteiger partial charge in [-0.1, -0.05) is 11.2 Å². The Morgan fingerprint density at radius 3 is 2.62 bits per heavy atom. The lowest BCUT2D eigenvalue weighted by Crippen LogP contribution is -2.14. The van der Waals surface area contributed by atoms with Crippen LogP contribution in [0.25, 0.3) is 0 Å². The highest BCUT2D eigenvalue weighted by Crippen LogP contribution is 2.19. The van der Waals surface area contributed by atoms with E-state index in [-0.39, 0.29) is 5.82 Å². The van der Waals surface area contributed by atoms with Crippen molar-refractivity contribution >= 4 is 0 Å². The standard InChI is InChI=1S/C10H9F2N3O/c1-5-14-10(15-16-5)9(13)6-2-3-7(11)8(12)4-6/h2-4,9H,13H2,1H3. The fourth-order valence-electron chi connectivity index (χ4n) is 1.30. The largest absolute Gasteiger partial charge is 0.340 e. The second-order valence-corrected chi connectivity index (χ2v) is 3.32. The molecule has 1 unspecified atom stereocenters. The molecule has 6 heteroatoms. The van der Waals surface area contributed by atoms with Crippen LogP contribution in [-0.4, -0.2) is 10.1 Å². The van der Waals surface area contributed by atoms with Gasteiger partial charge in [-0.15, -0.1) is 0 Å². The van der Waals surface area contributed by atoms with Gasteiger partial charge < -0.3 is 10.3 Å². The molecule has 84 valence electrons. The van der Waals surface area contributed by atoms with Gasteiger partial charge in [-0.05, 0) is 17.7 Å². The molecule has 0 amide bonds. The lowest BCUT2D eigenvalue weighted by Gasteiger charge is -2.07. The minimum Gasteiger partial charge on any atom is -0.340 e. The van der Waals surface area contributed by atoms with Crippen LogP contribution in [0.3, 0.4) is 0 Å². The normalized spacial score (nSPS) is 12.8. The summed E-state index contributed by atoms with van der Waals surface area (Å²) in [6.07, 6.45) is 0. The second-order valence-electron chi connectivity index (χ2n) is 3.32. The molecule has 0 saturated carbocycles. The molecule has 0 bridgehead atoms. The molecule has 2 N–H and O–H groups in total. The molecule has 1 heterocycles. The Balaban J connectivity index is 2.33. The van der Waals surface area contributed by atoms with Crippen molar-refractivity contribution in [2.45, 2.75) is 13.0 Å². The molecule has 1 atom stereocenters. The van der Waals surface area contributed by atoms with Crippen molar-refractivity contribution in [1.82, 2.24) is 10.1 Å². The van der Waals surface area contributed by atoms with E-state index < -0.39 is 17.7 Å². The first-order chi connectivity index (χ1) is 7.58. The van der Waals surface area contributed by atoms with Gasteiger partial charge in [-0.3, -0.25) is 0 Å². The van der Waals surface area contributed by atoms with Crippen LogP contribution in [0.1, 0.15) is 23.3 Å². The molecular weight excluding hydrogens is 216 g/mol. The lowest BCUT2D eigenvalue weighted by atomic mass is 10.1. The minimum atomic E-state index is -0.951. The monoisotopic (exact) mass is 225 g/mol. The molecule has 0 aliphatic rings. The molecule has 16 heavy (non-hydrogen) atoms. The highest BCUT2D eigenvalue weighted by molar-refractivity contribution is 5.25. The topological polar surface area (TPSA) is 64.9 Å². The Morgan fingerprint density at radius 2 is 2.06 bits per heavy atom. The van der Waals surface area contributed by atoms with Crippen LogP contribution in [0.4, 0.5) is 8.78 Å². The second kappa shape index (κ2) is 3.97. The predicted octanol–water partition coefficient (Wildman–Crippen LogP) is 1.70. The Bertz CT molecular complexity index is 513. The number of aromatic nitrogens is 2. The molecule has 0 radical (unpaired) electrons. The van der Waals surface area contributed by atoms with Crippen LogP contribution >= 0.6 is 0 Å². The van der Waals surface area contributed by atoms with Gasteiger partial charge in [0.05, 0.1) is 6.04 Å². The van der Waals surface area contributed by atoms with E-state index in [0.29, 0.717) is 11.5 Å².